The number of carbonyl (C=O) groups excluding carboxylic acids is 1. The summed E-state index contributed by atoms with van der Waals surface area (Å²) in [7, 11) is 1.42. The molecule has 0 unspecified atom stereocenters. The van der Waals surface area contributed by atoms with Crippen LogP contribution in [0.4, 0.5) is 5.69 Å². The molecule has 0 aliphatic carbocycles. The van der Waals surface area contributed by atoms with Crippen LogP contribution in [0.1, 0.15) is 27.2 Å². The molecule has 3 aromatic rings. The molecule has 11 heteroatoms. The van der Waals surface area contributed by atoms with Crippen LogP contribution in [0.5, 0.6) is 5.75 Å². The highest BCUT2D eigenvalue weighted by Crippen LogP contribution is 2.21. The number of nitriles is 1. The molecular formula is C21H16N6O5. The third-order valence-electron chi connectivity index (χ3n) is 4.44. The second kappa shape index (κ2) is 9.31. The lowest BCUT2D eigenvalue weighted by atomic mass is 10.1. The number of para-hydroxylation sites is 2. The van der Waals surface area contributed by atoms with E-state index >= 15 is 0 Å². The van der Waals surface area contributed by atoms with E-state index in [1.807, 2.05) is 6.07 Å². The minimum atomic E-state index is -0.774. The highest BCUT2D eigenvalue weighted by Gasteiger charge is 2.21. The quantitative estimate of drug-likeness (QED) is 0.355. The number of nitrogens with one attached hydrogen (secondary N) is 1. The van der Waals surface area contributed by atoms with Gasteiger partial charge in [0.1, 0.15) is 23.1 Å². The molecule has 160 valence electrons. The molecule has 0 bridgehead atoms. The largest absolute Gasteiger partial charge is 0.494 e. The molecule has 1 aromatic heterocycles. The number of methoxy groups -OCH3 is 1. The maximum atomic E-state index is 12.8. The van der Waals surface area contributed by atoms with E-state index in [1.165, 1.54) is 38.4 Å². The number of nitro benzene ring substituents is 1. The van der Waals surface area contributed by atoms with Crippen LogP contribution in [0, 0.1) is 28.4 Å². The summed E-state index contributed by atoms with van der Waals surface area (Å²) >= 11 is 0. The molecule has 3 rings (SSSR count). The van der Waals surface area contributed by atoms with Crippen LogP contribution in [0.2, 0.25) is 0 Å². The van der Waals surface area contributed by atoms with Gasteiger partial charge in [-0.1, -0.05) is 24.3 Å². The number of aromatic nitrogens is 2. The number of ether oxygens (including phenoxy) is 1. The third-order valence-corrected chi connectivity index (χ3v) is 4.44. The highest BCUT2D eigenvalue weighted by molar-refractivity contribution is 5.94. The highest BCUT2D eigenvalue weighted by atomic mass is 16.6. The van der Waals surface area contributed by atoms with Gasteiger partial charge in [-0.2, -0.15) is 20.1 Å². The van der Waals surface area contributed by atoms with Crippen molar-refractivity contribution in [1.29, 1.82) is 5.26 Å². The Morgan fingerprint density at radius 1 is 1.31 bits per heavy atom. The van der Waals surface area contributed by atoms with E-state index in [0.717, 1.165) is 4.68 Å². The zero-order chi connectivity index (χ0) is 23.3. The van der Waals surface area contributed by atoms with Crippen LogP contribution in [-0.2, 0) is 0 Å². The Morgan fingerprint density at radius 2 is 2.06 bits per heavy atom. The van der Waals surface area contributed by atoms with Crippen LogP contribution in [0.25, 0.3) is 5.69 Å². The van der Waals surface area contributed by atoms with Gasteiger partial charge in [-0.3, -0.25) is 19.7 Å². The number of carbonyl (C=O) groups is 1. The number of non-ortho nitro benzene ring substituents is 1. The van der Waals surface area contributed by atoms with E-state index in [0.29, 0.717) is 11.3 Å². The maximum absolute atomic E-state index is 12.8. The lowest BCUT2D eigenvalue weighted by molar-refractivity contribution is -0.384. The summed E-state index contributed by atoms with van der Waals surface area (Å²) in [6, 6.07) is 14.0. The molecule has 0 aliphatic rings. The van der Waals surface area contributed by atoms with E-state index in [-0.39, 0.29) is 28.2 Å². The zero-order valence-corrected chi connectivity index (χ0v) is 17.0. The van der Waals surface area contributed by atoms with E-state index in [4.69, 9.17) is 4.74 Å². The molecule has 0 saturated carbocycles. The Kier molecular flexibility index (Phi) is 6.36. The predicted octanol–water partition coefficient (Wildman–Crippen LogP) is 2.09. The summed E-state index contributed by atoms with van der Waals surface area (Å²) in [5.41, 5.74) is 1.72. The van der Waals surface area contributed by atoms with Crippen molar-refractivity contribution in [2.75, 3.05) is 7.11 Å². The lowest BCUT2D eigenvalue weighted by Gasteiger charge is -2.13. The van der Waals surface area contributed by atoms with Gasteiger partial charge in [0.05, 0.1) is 18.2 Å². The molecule has 0 radical (unpaired) electrons. The first kappa shape index (κ1) is 21.8. The monoisotopic (exact) mass is 432 g/mol. The molecule has 1 N–H and O–H groups in total. The van der Waals surface area contributed by atoms with Gasteiger partial charge in [-0.25, -0.2) is 5.43 Å². The number of nitro groups is 1. The summed E-state index contributed by atoms with van der Waals surface area (Å²) in [6.07, 6.45) is 1.22. The molecule has 0 atom stereocenters. The number of hydrogen-bond donors (Lipinski definition) is 1. The van der Waals surface area contributed by atoms with Gasteiger partial charge in [0.15, 0.2) is 5.69 Å². The molecule has 0 fully saturated rings. The molecule has 1 amide bonds. The lowest BCUT2D eigenvalue weighted by Crippen LogP contribution is -2.31. The first-order valence-electron chi connectivity index (χ1n) is 9.12. The number of hydrazone groups is 1. The van der Waals surface area contributed by atoms with Crippen LogP contribution < -0.4 is 15.7 Å². The minimum Gasteiger partial charge on any atom is -0.494 e. The van der Waals surface area contributed by atoms with Gasteiger partial charge in [0, 0.05) is 23.3 Å². The summed E-state index contributed by atoms with van der Waals surface area (Å²) < 4.78 is 6.16. The van der Waals surface area contributed by atoms with Crippen LogP contribution in [0.3, 0.4) is 0 Å². The Balaban J connectivity index is 1.98. The van der Waals surface area contributed by atoms with Crippen molar-refractivity contribution in [3.63, 3.8) is 0 Å². The number of rotatable bonds is 6. The summed E-state index contributed by atoms with van der Waals surface area (Å²) in [5, 5.41) is 28.2. The Morgan fingerprint density at radius 3 is 2.75 bits per heavy atom. The Labute approximate surface area is 181 Å². The fourth-order valence-corrected chi connectivity index (χ4v) is 2.86. The van der Waals surface area contributed by atoms with Gasteiger partial charge < -0.3 is 4.74 Å². The fraction of sp³-hybridized carbons (Fsp3) is 0.0952. The molecule has 0 saturated heterocycles. The smallest absolute Gasteiger partial charge is 0.292 e. The summed E-state index contributed by atoms with van der Waals surface area (Å²) in [4.78, 5) is 35.8. The standard InChI is InChI=1S/C21H16N6O5/c1-13-16(11-22)21(29)26(17-8-3-4-9-18(17)32-2)25-19(13)20(28)24-23-12-14-6-5-7-15(10-14)27(30)31/h3-10,12H,1-2H3,(H,24,28)/b23-12+. The van der Waals surface area contributed by atoms with Crippen molar-refractivity contribution in [3.8, 4) is 17.5 Å². The van der Waals surface area contributed by atoms with Gasteiger partial charge >= 0.3 is 0 Å². The van der Waals surface area contributed by atoms with Crippen LogP contribution in [-0.4, -0.2) is 33.9 Å². The average molecular weight is 432 g/mol. The van der Waals surface area contributed by atoms with Crippen molar-refractivity contribution < 1.29 is 14.5 Å². The SMILES string of the molecule is COc1ccccc1-n1nc(C(=O)N/N=C/c2cccc([N+](=O)[O-])c2)c(C)c(C#N)c1=O. The average Bonchev–Trinajstić information content (AvgIpc) is 2.79. The van der Waals surface area contributed by atoms with Gasteiger partial charge in [0.25, 0.3) is 17.2 Å². The molecule has 2 aromatic carbocycles. The normalized spacial score (nSPS) is 10.5. The predicted molar refractivity (Wildman–Crippen MR) is 114 cm³/mol. The van der Waals surface area contributed by atoms with Crippen molar-refractivity contribution in [1.82, 2.24) is 15.2 Å². The fourth-order valence-electron chi connectivity index (χ4n) is 2.86. The van der Waals surface area contributed by atoms with Crippen molar-refractivity contribution in [3.05, 3.63) is 91.4 Å². The van der Waals surface area contributed by atoms with Crippen molar-refractivity contribution in [2.24, 2.45) is 5.10 Å². The van der Waals surface area contributed by atoms with Crippen molar-refractivity contribution in [2.45, 2.75) is 6.92 Å². The third kappa shape index (κ3) is 4.34. The molecule has 1 heterocycles. The number of hydrogen-bond acceptors (Lipinski definition) is 8. The summed E-state index contributed by atoms with van der Waals surface area (Å²) in [5.74, 6) is -0.450. The van der Waals surface area contributed by atoms with E-state index in [2.05, 4.69) is 15.6 Å². The van der Waals surface area contributed by atoms with Crippen LogP contribution >= 0.6 is 0 Å². The Hall–Kier alpha value is -4.85. The van der Waals surface area contributed by atoms with Crippen LogP contribution in [0.15, 0.2) is 58.4 Å². The second-order valence-electron chi connectivity index (χ2n) is 6.40. The first-order chi connectivity index (χ1) is 15.4. The first-order valence-corrected chi connectivity index (χ1v) is 9.12. The van der Waals surface area contributed by atoms with Gasteiger partial charge in [-0.15, -0.1) is 0 Å². The van der Waals surface area contributed by atoms with Crippen molar-refractivity contribution >= 4 is 17.8 Å². The topological polar surface area (TPSA) is 153 Å². The number of nitrogens with zero attached hydrogens (tertiary/aromatic N) is 5. The molecular weight excluding hydrogens is 416 g/mol. The molecule has 11 nitrogen and oxygen atoms in total. The van der Waals surface area contributed by atoms with E-state index < -0.39 is 16.4 Å². The number of benzene rings is 2. The molecule has 0 aliphatic heterocycles. The summed E-state index contributed by atoms with van der Waals surface area (Å²) in [6.45, 7) is 1.43. The second-order valence-corrected chi connectivity index (χ2v) is 6.40. The van der Waals surface area contributed by atoms with Gasteiger partial charge in [-0.05, 0) is 19.1 Å². The minimum absolute atomic E-state index is 0.0895. The Bertz CT molecular complexity index is 1340. The zero-order valence-electron chi connectivity index (χ0n) is 17.0. The maximum Gasteiger partial charge on any atom is 0.292 e. The molecule has 0 spiro atoms. The molecule has 32 heavy (non-hydrogen) atoms. The van der Waals surface area contributed by atoms with E-state index in [1.54, 1.807) is 30.3 Å². The number of amides is 1. The van der Waals surface area contributed by atoms with E-state index in [9.17, 15) is 25.0 Å². The van der Waals surface area contributed by atoms with Gasteiger partial charge in [0.2, 0.25) is 0 Å².